The highest BCUT2D eigenvalue weighted by Gasteiger charge is 2.35. The molecule has 1 unspecified atom stereocenters. The van der Waals surface area contributed by atoms with Crippen molar-refractivity contribution in [2.45, 2.75) is 45.2 Å². The Bertz CT molecular complexity index is 516. The Hall–Kier alpha value is -1.62. The number of aromatic nitrogens is 1. The molecule has 1 aromatic heterocycles. The molecule has 19 heavy (non-hydrogen) atoms. The monoisotopic (exact) mass is 263 g/mol. The molecule has 1 saturated heterocycles. The van der Waals surface area contributed by atoms with E-state index in [0.717, 1.165) is 25.8 Å². The van der Waals surface area contributed by atoms with Gasteiger partial charge >= 0.3 is 0 Å². The first-order chi connectivity index (χ1) is 9.05. The van der Waals surface area contributed by atoms with Gasteiger partial charge in [0.2, 0.25) is 5.91 Å². The molecule has 5 heteroatoms. The molecule has 1 fully saturated rings. The number of nitrogens with one attached hydrogen (secondary N) is 2. The smallest absolute Gasteiger partial charge is 0.250 e. The van der Waals surface area contributed by atoms with Crippen LogP contribution in [0.15, 0.2) is 23.1 Å². The van der Waals surface area contributed by atoms with E-state index in [9.17, 15) is 9.59 Å². The van der Waals surface area contributed by atoms with Crippen molar-refractivity contribution >= 4 is 11.6 Å². The zero-order chi connectivity index (χ0) is 13.9. The first kappa shape index (κ1) is 13.8. The van der Waals surface area contributed by atoms with Gasteiger partial charge in [0.25, 0.3) is 5.56 Å². The number of carbonyl (C=O) groups is 1. The highest BCUT2D eigenvalue weighted by molar-refractivity contribution is 5.97. The first-order valence-corrected chi connectivity index (χ1v) is 6.82. The zero-order valence-corrected chi connectivity index (χ0v) is 11.5. The Kier molecular flexibility index (Phi) is 4.04. The summed E-state index contributed by atoms with van der Waals surface area (Å²) in [6.45, 7) is 5.47. The largest absolute Gasteiger partial charge is 0.323 e. The van der Waals surface area contributed by atoms with Gasteiger partial charge in [-0.05, 0) is 38.8 Å². The summed E-state index contributed by atoms with van der Waals surface area (Å²) in [7, 11) is 0. The molecule has 2 rings (SSSR count). The van der Waals surface area contributed by atoms with Crippen molar-refractivity contribution in [3.8, 4) is 0 Å². The fourth-order valence-electron chi connectivity index (χ4n) is 2.38. The summed E-state index contributed by atoms with van der Waals surface area (Å²) in [4.78, 5) is 23.8. The lowest BCUT2D eigenvalue weighted by Gasteiger charge is -2.23. The van der Waals surface area contributed by atoms with Crippen LogP contribution in [0.1, 0.15) is 33.1 Å². The summed E-state index contributed by atoms with van der Waals surface area (Å²) < 4.78 is 1.63. The van der Waals surface area contributed by atoms with E-state index < -0.39 is 5.54 Å². The van der Waals surface area contributed by atoms with Crippen molar-refractivity contribution in [2.24, 2.45) is 0 Å². The first-order valence-electron chi connectivity index (χ1n) is 6.82. The number of carbonyl (C=O) groups excluding carboxylic acids is 1. The number of nitrogens with zero attached hydrogens (tertiary/aromatic N) is 1. The van der Waals surface area contributed by atoms with Gasteiger partial charge in [-0.2, -0.15) is 0 Å². The highest BCUT2D eigenvalue weighted by atomic mass is 16.2. The molecule has 1 atom stereocenters. The molecular weight excluding hydrogens is 242 g/mol. The van der Waals surface area contributed by atoms with Gasteiger partial charge < -0.3 is 15.2 Å². The third-order valence-electron chi connectivity index (χ3n) is 3.58. The number of hydrogen-bond donors (Lipinski definition) is 2. The summed E-state index contributed by atoms with van der Waals surface area (Å²) in [5.41, 5.74) is 0.143. The summed E-state index contributed by atoms with van der Waals surface area (Å²) in [6, 6.07) is 3.15. The molecule has 2 N–H and O–H groups in total. The maximum absolute atomic E-state index is 12.2. The Morgan fingerprint density at radius 1 is 1.53 bits per heavy atom. The van der Waals surface area contributed by atoms with Crippen molar-refractivity contribution in [3.63, 3.8) is 0 Å². The molecule has 0 spiro atoms. The fourth-order valence-corrected chi connectivity index (χ4v) is 2.38. The maximum atomic E-state index is 12.2. The van der Waals surface area contributed by atoms with Gasteiger partial charge in [-0.3, -0.25) is 9.59 Å². The molecule has 0 radical (unpaired) electrons. The zero-order valence-electron chi connectivity index (χ0n) is 11.5. The molecule has 0 bridgehead atoms. The topological polar surface area (TPSA) is 63.1 Å². The van der Waals surface area contributed by atoms with Gasteiger partial charge in [-0.25, -0.2) is 0 Å². The van der Waals surface area contributed by atoms with Crippen LogP contribution in [0, 0.1) is 0 Å². The molecule has 0 saturated carbocycles. The van der Waals surface area contributed by atoms with Crippen LogP contribution in [0.4, 0.5) is 5.69 Å². The lowest BCUT2D eigenvalue weighted by Crippen LogP contribution is -2.48. The second kappa shape index (κ2) is 5.57. The van der Waals surface area contributed by atoms with E-state index in [-0.39, 0.29) is 11.5 Å². The quantitative estimate of drug-likeness (QED) is 0.861. The van der Waals surface area contributed by atoms with Gasteiger partial charge in [-0.1, -0.05) is 6.92 Å². The predicted molar refractivity (Wildman–Crippen MR) is 75.3 cm³/mol. The minimum absolute atomic E-state index is 0.0355. The van der Waals surface area contributed by atoms with Gasteiger partial charge in [-0.15, -0.1) is 0 Å². The minimum atomic E-state index is -0.494. The van der Waals surface area contributed by atoms with Crippen LogP contribution >= 0.6 is 0 Å². The lowest BCUT2D eigenvalue weighted by molar-refractivity contribution is -0.121. The average molecular weight is 263 g/mol. The molecule has 1 amide bonds. The van der Waals surface area contributed by atoms with Crippen LogP contribution in [0.25, 0.3) is 0 Å². The van der Waals surface area contributed by atoms with Gasteiger partial charge in [0.15, 0.2) is 0 Å². The Morgan fingerprint density at radius 2 is 2.32 bits per heavy atom. The van der Waals surface area contributed by atoms with Crippen LogP contribution in [-0.4, -0.2) is 22.6 Å². The SMILES string of the molecule is CCCn1cc(NC(=O)C2(C)CCCN2)ccc1=O. The second-order valence-electron chi connectivity index (χ2n) is 5.27. The highest BCUT2D eigenvalue weighted by Crippen LogP contribution is 2.20. The summed E-state index contributed by atoms with van der Waals surface area (Å²) >= 11 is 0. The van der Waals surface area contributed by atoms with E-state index in [4.69, 9.17) is 0 Å². The van der Waals surface area contributed by atoms with Gasteiger partial charge in [0, 0.05) is 18.8 Å². The van der Waals surface area contributed by atoms with Crippen molar-refractivity contribution < 1.29 is 4.79 Å². The molecule has 2 heterocycles. The molecular formula is C14H21N3O2. The van der Waals surface area contributed by atoms with Crippen molar-refractivity contribution in [1.82, 2.24) is 9.88 Å². The van der Waals surface area contributed by atoms with Crippen LogP contribution in [0.2, 0.25) is 0 Å². The maximum Gasteiger partial charge on any atom is 0.250 e. The van der Waals surface area contributed by atoms with Crippen molar-refractivity contribution in [1.29, 1.82) is 0 Å². The van der Waals surface area contributed by atoms with Crippen LogP contribution in [-0.2, 0) is 11.3 Å². The average Bonchev–Trinajstić information content (AvgIpc) is 2.82. The van der Waals surface area contributed by atoms with E-state index in [1.165, 1.54) is 6.07 Å². The van der Waals surface area contributed by atoms with Crippen LogP contribution in [0.3, 0.4) is 0 Å². The fraction of sp³-hybridized carbons (Fsp3) is 0.571. The summed E-state index contributed by atoms with van der Waals surface area (Å²) in [6.07, 6.45) is 4.45. The van der Waals surface area contributed by atoms with E-state index in [1.807, 2.05) is 13.8 Å². The summed E-state index contributed by atoms with van der Waals surface area (Å²) in [5.74, 6) is -0.0355. The Morgan fingerprint density at radius 3 is 2.95 bits per heavy atom. The number of aryl methyl sites for hydroxylation is 1. The molecule has 104 valence electrons. The number of anilines is 1. The molecule has 1 aliphatic rings. The number of hydrogen-bond acceptors (Lipinski definition) is 3. The third kappa shape index (κ3) is 3.04. The number of amides is 1. The van der Waals surface area contributed by atoms with Crippen molar-refractivity contribution in [3.05, 3.63) is 28.7 Å². The van der Waals surface area contributed by atoms with Crippen LogP contribution < -0.4 is 16.2 Å². The second-order valence-corrected chi connectivity index (χ2v) is 5.27. The standard InChI is InChI=1S/C14H21N3O2/c1-3-9-17-10-11(5-6-12(17)18)16-13(19)14(2)7-4-8-15-14/h5-6,10,15H,3-4,7-9H2,1-2H3,(H,16,19). The van der Waals surface area contributed by atoms with E-state index in [2.05, 4.69) is 10.6 Å². The van der Waals surface area contributed by atoms with Crippen LogP contribution in [0.5, 0.6) is 0 Å². The predicted octanol–water partition coefficient (Wildman–Crippen LogP) is 1.34. The lowest BCUT2D eigenvalue weighted by atomic mass is 9.99. The van der Waals surface area contributed by atoms with Crippen molar-refractivity contribution in [2.75, 3.05) is 11.9 Å². The van der Waals surface area contributed by atoms with E-state index in [1.54, 1.807) is 16.8 Å². The third-order valence-corrected chi connectivity index (χ3v) is 3.58. The molecule has 5 nitrogen and oxygen atoms in total. The molecule has 0 aliphatic carbocycles. The molecule has 1 aliphatic heterocycles. The Labute approximate surface area is 113 Å². The minimum Gasteiger partial charge on any atom is -0.323 e. The van der Waals surface area contributed by atoms with Gasteiger partial charge in [0.05, 0.1) is 11.2 Å². The van der Waals surface area contributed by atoms with E-state index >= 15 is 0 Å². The summed E-state index contributed by atoms with van der Waals surface area (Å²) in [5, 5.41) is 6.11. The van der Waals surface area contributed by atoms with E-state index in [0.29, 0.717) is 12.2 Å². The molecule has 1 aromatic rings. The number of rotatable bonds is 4. The van der Waals surface area contributed by atoms with Gasteiger partial charge in [0.1, 0.15) is 0 Å². The number of pyridine rings is 1. The normalized spacial score (nSPS) is 22.4. The Balaban J connectivity index is 2.12. The molecule has 0 aromatic carbocycles.